The van der Waals surface area contributed by atoms with Crippen LogP contribution in [0.25, 0.3) is 22.8 Å². The third-order valence-corrected chi connectivity index (χ3v) is 7.39. The summed E-state index contributed by atoms with van der Waals surface area (Å²) in [5.41, 5.74) is 2.07. The van der Waals surface area contributed by atoms with E-state index in [4.69, 9.17) is 9.47 Å². The molecule has 0 amide bonds. The van der Waals surface area contributed by atoms with E-state index in [1.54, 1.807) is 41.5 Å². The maximum Gasteiger partial charge on any atom is 0.358 e. The highest BCUT2D eigenvalue weighted by atomic mass is 32.2. The molecule has 0 aliphatic carbocycles. The highest BCUT2D eigenvalue weighted by Gasteiger charge is 2.26. The molecule has 0 unspecified atom stereocenters. The number of esters is 2. The van der Waals surface area contributed by atoms with Gasteiger partial charge in [0.2, 0.25) is 15.0 Å². The number of rotatable bonds is 8. The van der Waals surface area contributed by atoms with Gasteiger partial charge in [-0.15, -0.1) is 0 Å². The molecule has 0 saturated heterocycles. The van der Waals surface area contributed by atoms with E-state index in [0.717, 1.165) is 17.6 Å². The van der Waals surface area contributed by atoms with Crippen molar-refractivity contribution in [3.8, 4) is 22.8 Å². The van der Waals surface area contributed by atoms with Crippen molar-refractivity contribution in [1.29, 1.82) is 0 Å². The number of carbonyl (C=O) groups excluding carboxylic acids is 2. The number of hydrogen-bond acceptors (Lipinski definition) is 13. The highest BCUT2D eigenvalue weighted by Crippen LogP contribution is 2.28. The average Bonchev–Trinajstić information content (AvgIpc) is 3.64. The Balaban J connectivity index is 0.000000251. The monoisotopic (exact) mass is 672 g/mol. The molecule has 4 aromatic rings. The number of carbonyl (C=O) groups is 2. The Morgan fingerprint density at radius 3 is 1.61 bits per heavy atom. The molecule has 46 heavy (non-hydrogen) atoms. The van der Waals surface area contributed by atoms with Crippen molar-refractivity contribution in [3.05, 3.63) is 48.0 Å². The highest BCUT2D eigenvalue weighted by molar-refractivity contribution is 7.98. The number of aromatic nitrogens is 8. The van der Waals surface area contributed by atoms with Gasteiger partial charge in [0.1, 0.15) is 0 Å². The Labute approximate surface area is 273 Å². The van der Waals surface area contributed by atoms with Crippen LogP contribution in [0.5, 0.6) is 0 Å². The minimum Gasteiger partial charge on any atom is -0.461 e. The van der Waals surface area contributed by atoms with Crippen LogP contribution >= 0.6 is 11.8 Å². The molecule has 0 saturated carbocycles. The van der Waals surface area contributed by atoms with E-state index in [-0.39, 0.29) is 28.7 Å². The van der Waals surface area contributed by atoms with Crippen LogP contribution in [-0.2, 0) is 30.4 Å². The zero-order valence-electron chi connectivity index (χ0n) is 27.7. The minimum atomic E-state index is -3.54. The second-order valence-corrected chi connectivity index (χ2v) is 14.5. The molecule has 4 rings (SSSR count). The molecule has 0 fully saturated rings. The molecule has 0 aliphatic rings. The first-order valence-corrected chi connectivity index (χ1v) is 17.5. The fraction of sp³-hybridized carbons (Fsp3) is 0.467. The molecule has 0 aromatic carbocycles. The first-order valence-electron chi connectivity index (χ1n) is 14.4. The van der Waals surface area contributed by atoms with Crippen molar-refractivity contribution in [2.45, 2.75) is 76.8 Å². The fourth-order valence-electron chi connectivity index (χ4n) is 4.00. The molecular formula is C30H40N8O6S2. The zero-order chi connectivity index (χ0) is 34.4. The lowest BCUT2D eigenvalue weighted by atomic mass is 10.1. The molecule has 4 heterocycles. The summed E-state index contributed by atoms with van der Waals surface area (Å²) in [6.07, 6.45) is 6.03. The van der Waals surface area contributed by atoms with Crippen LogP contribution < -0.4 is 0 Å². The summed E-state index contributed by atoms with van der Waals surface area (Å²) < 4.78 is 36.8. The molecule has 0 bridgehead atoms. The molecular weight excluding hydrogens is 633 g/mol. The summed E-state index contributed by atoms with van der Waals surface area (Å²) in [6.45, 7) is 15.9. The molecule has 4 aromatic heterocycles. The fourth-order valence-corrected chi connectivity index (χ4v) is 4.88. The van der Waals surface area contributed by atoms with Crippen molar-refractivity contribution in [3.63, 3.8) is 0 Å². The molecule has 0 aliphatic heterocycles. The summed E-state index contributed by atoms with van der Waals surface area (Å²) in [7, 11) is -3.54. The molecule has 14 nitrogen and oxygen atoms in total. The SMILES string of the molecule is CCOC(=O)c1cc(-c2ccnc(S(C)(=O)=O)n2)n(C(C)(C)C)n1.CCOC(=O)c1cc(-c2ccnc(SC)n2)n(C(C)(C)C)n1. The van der Waals surface area contributed by atoms with Crippen LogP contribution in [0, 0.1) is 0 Å². The Bertz CT molecular complexity index is 1800. The predicted molar refractivity (Wildman–Crippen MR) is 173 cm³/mol. The summed E-state index contributed by atoms with van der Waals surface area (Å²) in [4.78, 5) is 40.5. The van der Waals surface area contributed by atoms with E-state index in [2.05, 4.69) is 30.1 Å². The summed E-state index contributed by atoms with van der Waals surface area (Å²) in [5.74, 6) is -0.968. The van der Waals surface area contributed by atoms with E-state index in [0.29, 0.717) is 23.2 Å². The van der Waals surface area contributed by atoms with Crippen molar-refractivity contribution in [2.75, 3.05) is 25.7 Å². The third kappa shape index (κ3) is 8.96. The van der Waals surface area contributed by atoms with E-state index >= 15 is 0 Å². The van der Waals surface area contributed by atoms with E-state index < -0.39 is 27.3 Å². The smallest absolute Gasteiger partial charge is 0.358 e. The Hall–Kier alpha value is -4.18. The normalized spacial score (nSPS) is 11.9. The molecule has 16 heteroatoms. The average molecular weight is 673 g/mol. The van der Waals surface area contributed by atoms with Gasteiger partial charge >= 0.3 is 11.9 Å². The molecule has 0 atom stereocenters. The van der Waals surface area contributed by atoms with E-state index in [9.17, 15) is 18.0 Å². The van der Waals surface area contributed by atoms with Gasteiger partial charge in [0.15, 0.2) is 16.5 Å². The number of thioether (sulfide) groups is 1. The number of hydrogen-bond donors (Lipinski definition) is 0. The Kier molecular flexibility index (Phi) is 11.4. The second kappa shape index (κ2) is 14.5. The number of sulfone groups is 1. The standard InChI is InChI=1S/C15H20N4O4S.C15H20N4O2S/c1-6-23-13(20)11-9-12(19(18-11)15(2,3)4)10-7-8-16-14(17-10)24(5,21)22;1-6-21-13(20)11-9-12(19(18-11)15(2,3)4)10-7-8-16-14(17-10)22-5/h7-9H,6H2,1-5H3;7-9H,6H2,1-5H3. The quantitative estimate of drug-likeness (QED) is 0.144. The summed E-state index contributed by atoms with van der Waals surface area (Å²) in [5, 5.41) is 9.11. The van der Waals surface area contributed by atoms with Gasteiger partial charge in [-0.05, 0) is 73.8 Å². The summed E-state index contributed by atoms with van der Waals surface area (Å²) >= 11 is 1.47. The van der Waals surface area contributed by atoms with Gasteiger partial charge in [-0.3, -0.25) is 9.36 Å². The van der Waals surface area contributed by atoms with Crippen molar-refractivity contribution in [2.24, 2.45) is 0 Å². The van der Waals surface area contributed by atoms with E-state index in [1.165, 1.54) is 24.0 Å². The van der Waals surface area contributed by atoms with Gasteiger partial charge in [-0.25, -0.2) is 37.9 Å². The van der Waals surface area contributed by atoms with Gasteiger partial charge in [0, 0.05) is 30.8 Å². The van der Waals surface area contributed by atoms with Gasteiger partial charge in [0.05, 0.1) is 47.1 Å². The third-order valence-electron chi connectivity index (χ3n) is 5.96. The van der Waals surface area contributed by atoms with Crippen LogP contribution in [0.2, 0.25) is 0 Å². The lowest BCUT2D eigenvalue weighted by Gasteiger charge is -2.22. The predicted octanol–water partition coefficient (Wildman–Crippen LogP) is 4.67. The second-order valence-electron chi connectivity index (χ2n) is 11.9. The maximum atomic E-state index is 12.0. The lowest BCUT2D eigenvalue weighted by molar-refractivity contribution is 0.0508. The van der Waals surface area contributed by atoms with Crippen molar-refractivity contribution >= 4 is 33.5 Å². The van der Waals surface area contributed by atoms with Crippen LogP contribution in [0.3, 0.4) is 0 Å². The van der Waals surface area contributed by atoms with Gasteiger partial charge in [-0.1, -0.05) is 11.8 Å². The molecule has 248 valence electrons. The van der Waals surface area contributed by atoms with Crippen LogP contribution in [0.15, 0.2) is 47.0 Å². The minimum absolute atomic E-state index is 0.140. The molecule has 0 spiro atoms. The number of ether oxygens (including phenoxy) is 2. The van der Waals surface area contributed by atoms with E-state index in [1.807, 2.05) is 53.9 Å². The Morgan fingerprint density at radius 1 is 0.783 bits per heavy atom. The van der Waals surface area contributed by atoms with Crippen LogP contribution in [0.4, 0.5) is 0 Å². The first-order chi connectivity index (χ1) is 21.4. The zero-order valence-corrected chi connectivity index (χ0v) is 29.4. The van der Waals surface area contributed by atoms with Gasteiger partial charge in [-0.2, -0.15) is 10.2 Å². The Morgan fingerprint density at radius 2 is 1.22 bits per heavy atom. The maximum absolute atomic E-state index is 12.0. The van der Waals surface area contributed by atoms with Crippen molar-refractivity contribution in [1.82, 2.24) is 39.5 Å². The first kappa shape index (κ1) is 36.3. The van der Waals surface area contributed by atoms with Crippen molar-refractivity contribution < 1.29 is 27.5 Å². The largest absolute Gasteiger partial charge is 0.461 e. The summed E-state index contributed by atoms with van der Waals surface area (Å²) in [6, 6.07) is 6.64. The topological polar surface area (TPSA) is 174 Å². The van der Waals surface area contributed by atoms with Crippen LogP contribution in [0.1, 0.15) is 76.4 Å². The molecule has 0 N–H and O–H groups in total. The van der Waals surface area contributed by atoms with Gasteiger partial charge < -0.3 is 9.47 Å². The number of nitrogens with zero attached hydrogens (tertiary/aromatic N) is 8. The van der Waals surface area contributed by atoms with Crippen LogP contribution in [-0.4, -0.2) is 85.6 Å². The molecule has 0 radical (unpaired) electrons. The lowest BCUT2D eigenvalue weighted by Crippen LogP contribution is -2.25. The van der Waals surface area contributed by atoms with Gasteiger partial charge in [0.25, 0.3) is 0 Å².